The van der Waals surface area contributed by atoms with Crippen molar-refractivity contribution in [2.45, 2.75) is 63.6 Å². The zero-order chi connectivity index (χ0) is 22.5. The molecule has 0 aromatic heterocycles. The van der Waals surface area contributed by atoms with Crippen molar-refractivity contribution in [1.82, 2.24) is 10.6 Å². The maximum Gasteiger partial charge on any atom is 0.345 e. The third-order valence-corrected chi connectivity index (χ3v) is 6.12. The van der Waals surface area contributed by atoms with E-state index in [9.17, 15) is 19.7 Å². The maximum atomic E-state index is 12.7. The number of nitro benzene ring substituents is 1. The summed E-state index contributed by atoms with van der Waals surface area (Å²) in [5.41, 5.74) is -0.878. The number of hydrogen-bond donors (Lipinski definition) is 2. The molecule has 9 nitrogen and oxygen atoms in total. The molecule has 0 aliphatic carbocycles. The highest BCUT2D eigenvalue weighted by atomic mass is 16.6. The monoisotopic (exact) mass is 433 g/mol. The third-order valence-electron chi connectivity index (χ3n) is 6.12. The summed E-state index contributed by atoms with van der Waals surface area (Å²) >= 11 is 0. The number of nitrogens with one attached hydrogen (secondary N) is 2. The molecule has 0 saturated carbocycles. The molecule has 1 aromatic carbocycles. The first-order valence-corrected chi connectivity index (χ1v) is 10.8. The van der Waals surface area contributed by atoms with Gasteiger partial charge in [0.1, 0.15) is 16.8 Å². The standard InChI is InChI=1S/C22H31N3O6/c1-21(7-11-23-12-8-21)30-19(26)6-4-16-3-5-17(18(15-16)25(28)29)20(27)31-22(2)9-13-24-14-10-22/h3,5,15,23-24H,4,6-14H2,1-2H3. The van der Waals surface area contributed by atoms with Crippen LogP contribution in [0.3, 0.4) is 0 Å². The van der Waals surface area contributed by atoms with Gasteiger partial charge in [-0.15, -0.1) is 0 Å². The van der Waals surface area contributed by atoms with E-state index in [0.717, 1.165) is 39.0 Å². The second kappa shape index (κ2) is 9.74. The number of carbonyl (C=O) groups is 2. The largest absolute Gasteiger partial charge is 0.459 e. The lowest BCUT2D eigenvalue weighted by atomic mass is 9.94. The van der Waals surface area contributed by atoms with Gasteiger partial charge in [-0.3, -0.25) is 14.9 Å². The first-order chi connectivity index (χ1) is 14.7. The van der Waals surface area contributed by atoms with E-state index >= 15 is 0 Å². The van der Waals surface area contributed by atoms with Gasteiger partial charge in [0.15, 0.2) is 0 Å². The van der Waals surface area contributed by atoms with Crippen LogP contribution in [-0.4, -0.2) is 54.2 Å². The first-order valence-electron chi connectivity index (χ1n) is 10.8. The van der Waals surface area contributed by atoms with Crippen molar-refractivity contribution in [3.8, 4) is 0 Å². The van der Waals surface area contributed by atoms with Gasteiger partial charge in [0.2, 0.25) is 0 Å². The van der Waals surface area contributed by atoms with Crippen LogP contribution >= 0.6 is 0 Å². The maximum absolute atomic E-state index is 12.7. The lowest BCUT2D eigenvalue weighted by Gasteiger charge is -2.33. The Morgan fingerprint density at radius 1 is 1.00 bits per heavy atom. The Morgan fingerprint density at radius 3 is 2.10 bits per heavy atom. The number of carbonyl (C=O) groups excluding carboxylic acids is 2. The van der Waals surface area contributed by atoms with Gasteiger partial charge in [-0.2, -0.15) is 0 Å². The van der Waals surface area contributed by atoms with Gasteiger partial charge in [-0.05, 0) is 83.8 Å². The van der Waals surface area contributed by atoms with Gasteiger partial charge < -0.3 is 20.1 Å². The number of esters is 2. The average molecular weight is 434 g/mol. The Balaban J connectivity index is 1.63. The third kappa shape index (κ3) is 6.24. The van der Waals surface area contributed by atoms with Crippen molar-refractivity contribution in [2.24, 2.45) is 0 Å². The molecule has 0 bridgehead atoms. The second-order valence-electron chi connectivity index (χ2n) is 8.87. The highest BCUT2D eigenvalue weighted by Crippen LogP contribution is 2.28. The number of hydrogen-bond acceptors (Lipinski definition) is 8. The number of aryl methyl sites for hydroxylation is 1. The molecule has 2 aliphatic rings. The van der Waals surface area contributed by atoms with E-state index < -0.39 is 22.1 Å². The fourth-order valence-electron chi connectivity index (χ4n) is 4.02. The highest BCUT2D eigenvalue weighted by molar-refractivity contribution is 5.94. The molecule has 0 atom stereocenters. The molecule has 2 heterocycles. The van der Waals surface area contributed by atoms with Crippen molar-refractivity contribution in [1.29, 1.82) is 0 Å². The minimum atomic E-state index is -0.694. The summed E-state index contributed by atoms with van der Waals surface area (Å²) in [6, 6.07) is 4.40. The Labute approximate surface area is 182 Å². The minimum Gasteiger partial charge on any atom is -0.459 e. The van der Waals surface area contributed by atoms with E-state index in [1.807, 2.05) is 13.8 Å². The van der Waals surface area contributed by atoms with Gasteiger partial charge in [-0.25, -0.2) is 4.79 Å². The Kier molecular flexibility index (Phi) is 7.27. The summed E-state index contributed by atoms with van der Waals surface area (Å²) in [6.45, 7) is 6.86. The number of ether oxygens (including phenoxy) is 2. The minimum absolute atomic E-state index is 0.0710. The quantitative estimate of drug-likeness (QED) is 0.382. The predicted octanol–water partition coefficient (Wildman–Crippen LogP) is 2.51. The van der Waals surface area contributed by atoms with Crippen molar-refractivity contribution in [3.63, 3.8) is 0 Å². The highest BCUT2D eigenvalue weighted by Gasteiger charge is 2.34. The van der Waals surface area contributed by atoms with E-state index in [1.165, 1.54) is 12.1 Å². The summed E-state index contributed by atoms with van der Waals surface area (Å²) < 4.78 is 11.3. The number of piperidine rings is 2. The molecule has 2 aliphatic heterocycles. The molecule has 0 radical (unpaired) electrons. The van der Waals surface area contributed by atoms with Crippen LogP contribution in [0, 0.1) is 10.1 Å². The molecule has 1 aromatic rings. The van der Waals surface area contributed by atoms with Gasteiger partial charge >= 0.3 is 11.9 Å². The van der Waals surface area contributed by atoms with Crippen molar-refractivity contribution >= 4 is 17.6 Å². The lowest BCUT2D eigenvalue weighted by molar-refractivity contribution is -0.385. The van der Waals surface area contributed by atoms with E-state index in [2.05, 4.69) is 10.6 Å². The van der Waals surface area contributed by atoms with Crippen LogP contribution in [0.4, 0.5) is 5.69 Å². The summed E-state index contributed by atoms with van der Waals surface area (Å²) in [4.78, 5) is 35.9. The Hall–Kier alpha value is -2.52. The average Bonchev–Trinajstić information content (AvgIpc) is 2.72. The van der Waals surface area contributed by atoms with E-state index in [4.69, 9.17) is 9.47 Å². The number of nitro groups is 1. The lowest BCUT2D eigenvalue weighted by Crippen LogP contribution is -2.43. The SMILES string of the molecule is CC1(OC(=O)CCc2ccc(C(=O)OC3(C)CCNCC3)c([N+](=O)[O-])c2)CCNCC1. The van der Waals surface area contributed by atoms with Crippen LogP contribution in [0.25, 0.3) is 0 Å². The predicted molar refractivity (Wildman–Crippen MR) is 114 cm³/mol. The Bertz CT molecular complexity index is 829. The summed E-state index contributed by atoms with van der Waals surface area (Å²) in [5.74, 6) is -1.02. The zero-order valence-corrected chi connectivity index (χ0v) is 18.2. The van der Waals surface area contributed by atoms with Crippen LogP contribution in [0.5, 0.6) is 0 Å². The van der Waals surface area contributed by atoms with Gasteiger partial charge in [0.25, 0.3) is 5.69 Å². The van der Waals surface area contributed by atoms with Crippen molar-refractivity contribution < 1.29 is 24.0 Å². The molecule has 31 heavy (non-hydrogen) atoms. The molecule has 3 rings (SSSR count). The first kappa shape index (κ1) is 23.1. The molecule has 9 heteroatoms. The van der Waals surface area contributed by atoms with Gasteiger partial charge in [-0.1, -0.05) is 6.07 Å². The van der Waals surface area contributed by atoms with E-state index in [1.54, 1.807) is 6.07 Å². The van der Waals surface area contributed by atoms with Crippen LogP contribution in [0.1, 0.15) is 61.9 Å². The number of rotatable bonds is 7. The summed E-state index contributed by atoms with van der Waals surface area (Å²) in [6.07, 6.45) is 3.25. The van der Waals surface area contributed by atoms with E-state index in [-0.39, 0.29) is 23.6 Å². The molecule has 170 valence electrons. The molecule has 2 N–H and O–H groups in total. The molecule has 0 unspecified atom stereocenters. The fraction of sp³-hybridized carbons (Fsp3) is 0.636. The zero-order valence-electron chi connectivity index (χ0n) is 18.2. The van der Waals surface area contributed by atoms with E-state index in [0.29, 0.717) is 24.8 Å². The molecule has 0 spiro atoms. The van der Waals surface area contributed by atoms with Crippen LogP contribution in [0.15, 0.2) is 18.2 Å². The molecular weight excluding hydrogens is 402 g/mol. The molecule has 2 saturated heterocycles. The Morgan fingerprint density at radius 2 is 1.55 bits per heavy atom. The number of nitrogens with zero attached hydrogens (tertiary/aromatic N) is 1. The van der Waals surface area contributed by atoms with Crippen molar-refractivity contribution in [2.75, 3.05) is 26.2 Å². The summed E-state index contributed by atoms with van der Waals surface area (Å²) in [7, 11) is 0. The van der Waals surface area contributed by atoms with Gasteiger partial charge in [0, 0.05) is 12.5 Å². The topological polar surface area (TPSA) is 120 Å². The smallest absolute Gasteiger partial charge is 0.345 e. The molecule has 0 amide bonds. The molecular formula is C22H31N3O6. The number of benzene rings is 1. The molecule has 2 fully saturated rings. The van der Waals surface area contributed by atoms with Crippen LogP contribution < -0.4 is 10.6 Å². The second-order valence-corrected chi connectivity index (χ2v) is 8.87. The summed E-state index contributed by atoms with van der Waals surface area (Å²) in [5, 5.41) is 18.0. The normalized spacial score (nSPS) is 19.9. The van der Waals surface area contributed by atoms with Gasteiger partial charge in [0.05, 0.1) is 4.92 Å². The van der Waals surface area contributed by atoms with Crippen LogP contribution in [0.2, 0.25) is 0 Å². The van der Waals surface area contributed by atoms with Crippen LogP contribution in [-0.2, 0) is 20.7 Å². The van der Waals surface area contributed by atoms with Crippen molar-refractivity contribution in [3.05, 3.63) is 39.4 Å². The fourth-order valence-corrected chi connectivity index (χ4v) is 4.02.